The highest BCUT2D eigenvalue weighted by Crippen LogP contribution is 2.48. The van der Waals surface area contributed by atoms with Crippen LogP contribution < -0.4 is 5.32 Å². The van der Waals surface area contributed by atoms with Crippen molar-refractivity contribution < 1.29 is 14.2 Å². The van der Waals surface area contributed by atoms with Crippen LogP contribution in [0.2, 0.25) is 0 Å². The molecule has 3 rings (SSSR count). The molecule has 2 saturated heterocycles. The van der Waals surface area contributed by atoms with Gasteiger partial charge in [-0.25, -0.2) is 0 Å². The van der Waals surface area contributed by atoms with Gasteiger partial charge in [-0.15, -0.1) is 24.0 Å². The number of ether oxygens (including phenoxy) is 3. The van der Waals surface area contributed by atoms with E-state index in [2.05, 4.69) is 22.1 Å². The summed E-state index contributed by atoms with van der Waals surface area (Å²) in [6.45, 7) is 8.47. The van der Waals surface area contributed by atoms with E-state index in [9.17, 15) is 0 Å². The lowest BCUT2D eigenvalue weighted by Crippen LogP contribution is -2.48. The number of hydrogen-bond acceptors (Lipinski definition) is 4. The van der Waals surface area contributed by atoms with E-state index in [4.69, 9.17) is 14.2 Å². The van der Waals surface area contributed by atoms with Crippen molar-refractivity contribution in [1.82, 2.24) is 10.2 Å². The monoisotopic (exact) mass is 509 g/mol. The van der Waals surface area contributed by atoms with E-state index in [-0.39, 0.29) is 24.0 Å². The fraction of sp³-hybridized carbons (Fsp3) is 0.952. The van der Waals surface area contributed by atoms with E-state index in [1.807, 2.05) is 7.05 Å². The second kappa shape index (κ2) is 12.5. The first-order valence-corrected chi connectivity index (χ1v) is 11.0. The molecule has 2 heterocycles. The van der Waals surface area contributed by atoms with Crippen LogP contribution in [0.1, 0.15) is 58.3 Å². The van der Waals surface area contributed by atoms with Gasteiger partial charge in [0.1, 0.15) is 0 Å². The topological polar surface area (TPSA) is 55.3 Å². The normalized spacial score (nSPS) is 25.3. The highest BCUT2D eigenvalue weighted by atomic mass is 127. The fourth-order valence-corrected chi connectivity index (χ4v) is 4.14. The quantitative estimate of drug-likeness (QED) is 0.224. The summed E-state index contributed by atoms with van der Waals surface area (Å²) in [5.41, 5.74) is 0.437. The lowest BCUT2D eigenvalue weighted by molar-refractivity contribution is -0.0721. The van der Waals surface area contributed by atoms with E-state index < -0.39 is 0 Å². The van der Waals surface area contributed by atoms with Gasteiger partial charge in [-0.05, 0) is 63.7 Å². The first kappa shape index (κ1) is 24.2. The standard InChI is InChI=1S/C21H39N3O3.HI/c1-3-25-15-11-21(9-10-21)17-23-20(22-2)24-12-7-18(8-13-24)27-16-19-6-4-5-14-26-19;/h18-19H,3-17H2,1-2H3,(H,22,23);1H. The first-order chi connectivity index (χ1) is 13.2. The Morgan fingerprint density at radius 3 is 2.61 bits per heavy atom. The third-order valence-corrected chi connectivity index (χ3v) is 6.30. The average Bonchev–Trinajstić information content (AvgIpc) is 3.49. The van der Waals surface area contributed by atoms with E-state index in [0.29, 0.717) is 17.6 Å². The predicted molar refractivity (Wildman–Crippen MR) is 124 cm³/mol. The number of piperidine rings is 1. The maximum atomic E-state index is 6.14. The second-order valence-corrected chi connectivity index (χ2v) is 8.36. The van der Waals surface area contributed by atoms with Crippen molar-refractivity contribution in [2.24, 2.45) is 10.4 Å². The molecule has 3 fully saturated rings. The number of guanidine groups is 1. The molecule has 6 nitrogen and oxygen atoms in total. The molecule has 0 aromatic rings. The third kappa shape index (κ3) is 7.61. The lowest BCUT2D eigenvalue weighted by Gasteiger charge is -2.35. The molecule has 1 unspecified atom stereocenters. The van der Waals surface area contributed by atoms with E-state index >= 15 is 0 Å². The summed E-state index contributed by atoms with van der Waals surface area (Å²) in [5, 5.41) is 3.63. The number of hydrogen-bond donors (Lipinski definition) is 1. The Balaban J connectivity index is 0.00000280. The van der Waals surface area contributed by atoms with Gasteiger partial charge in [0.05, 0.1) is 18.8 Å². The highest BCUT2D eigenvalue weighted by molar-refractivity contribution is 14.0. The van der Waals surface area contributed by atoms with Gasteiger partial charge in [-0.3, -0.25) is 4.99 Å². The molecule has 1 saturated carbocycles. The van der Waals surface area contributed by atoms with Crippen LogP contribution in [0.15, 0.2) is 4.99 Å². The van der Waals surface area contributed by atoms with Gasteiger partial charge < -0.3 is 24.4 Å². The predicted octanol–water partition coefficient (Wildman–Crippen LogP) is 3.44. The minimum atomic E-state index is 0. The summed E-state index contributed by atoms with van der Waals surface area (Å²) in [7, 11) is 1.89. The lowest BCUT2D eigenvalue weighted by atomic mass is 10.0. The van der Waals surface area contributed by atoms with Crippen LogP contribution in [0, 0.1) is 5.41 Å². The van der Waals surface area contributed by atoms with Crippen molar-refractivity contribution in [3.05, 3.63) is 0 Å². The zero-order valence-electron chi connectivity index (χ0n) is 17.8. The third-order valence-electron chi connectivity index (χ3n) is 6.30. The summed E-state index contributed by atoms with van der Waals surface area (Å²) < 4.78 is 17.5. The number of halogens is 1. The maximum absolute atomic E-state index is 6.14. The minimum Gasteiger partial charge on any atom is -0.382 e. The van der Waals surface area contributed by atoms with Gasteiger partial charge in [0.25, 0.3) is 0 Å². The Labute approximate surface area is 188 Å². The van der Waals surface area contributed by atoms with E-state index in [1.165, 1.54) is 25.7 Å². The molecule has 1 N–H and O–H groups in total. The van der Waals surface area contributed by atoms with E-state index in [0.717, 1.165) is 77.7 Å². The summed E-state index contributed by atoms with van der Waals surface area (Å²) >= 11 is 0. The van der Waals surface area contributed by atoms with Crippen molar-refractivity contribution >= 4 is 29.9 Å². The number of aliphatic imine (C=N–C) groups is 1. The van der Waals surface area contributed by atoms with E-state index in [1.54, 1.807) is 0 Å². The van der Waals surface area contributed by atoms with Gasteiger partial charge in [0, 0.05) is 46.5 Å². The highest BCUT2D eigenvalue weighted by Gasteiger charge is 2.42. The molecule has 1 atom stereocenters. The average molecular weight is 509 g/mol. The van der Waals surface area contributed by atoms with Crippen molar-refractivity contribution in [2.75, 3.05) is 53.1 Å². The Morgan fingerprint density at radius 2 is 2.00 bits per heavy atom. The van der Waals surface area contributed by atoms with Crippen LogP contribution in [0.4, 0.5) is 0 Å². The SMILES string of the molecule is CCOCCC1(CNC(=NC)N2CCC(OCC3CCCCO3)CC2)CC1.I. The molecule has 28 heavy (non-hydrogen) atoms. The number of nitrogens with one attached hydrogen (secondary N) is 1. The zero-order chi connectivity index (χ0) is 19.0. The summed E-state index contributed by atoms with van der Waals surface area (Å²) in [4.78, 5) is 6.91. The second-order valence-electron chi connectivity index (χ2n) is 8.36. The first-order valence-electron chi connectivity index (χ1n) is 11.0. The Morgan fingerprint density at radius 1 is 1.21 bits per heavy atom. The molecule has 164 valence electrons. The van der Waals surface area contributed by atoms with Crippen molar-refractivity contribution in [3.8, 4) is 0 Å². The minimum absolute atomic E-state index is 0. The molecule has 2 aliphatic heterocycles. The molecule has 0 spiro atoms. The molecule has 0 aromatic carbocycles. The summed E-state index contributed by atoms with van der Waals surface area (Å²) in [6, 6.07) is 0. The molecule has 0 aromatic heterocycles. The Bertz CT molecular complexity index is 460. The smallest absolute Gasteiger partial charge is 0.193 e. The molecule has 0 radical (unpaired) electrons. The van der Waals surface area contributed by atoms with Crippen molar-refractivity contribution in [1.29, 1.82) is 0 Å². The van der Waals surface area contributed by atoms with Gasteiger partial charge in [0.15, 0.2) is 5.96 Å². The van der Waals surface area contributed by atoms with Gasteiger partial charge in [0.2, 0.25) is 0 Å². The molecular formula is C21H40IN3O3. The van der Waals surface area contributed by atoms with Gasteiger partial charge in [-0.2, -0.15) is 0 Å². The van der Waals surface area contributed by atoms with Gasteiger partial charge >= 0.3 is 0 Å². The van der Waals surface area contributed by atoms with Gasteiger partial charge in [-0.1, -0.05) is 0 Å². The molecule has 0 amide bonds. The van der Waals surface area contributed by atoms with Crippen LogP contribution in [-0.2, 0) is 14.2 Å². The maximum Gasteiger partial charge on any atom is 0.193 e. The van der Waals surface area contributed by atoms with Crippen LogP contribution in [0.25, 0.3) is 0 Å². The number of likely N-dealkylation sites (tertiary alicyclic amines) is 1. The molecule has 0 bridgehead atoms. The fourth-order valence-electron chi connectivity index (χ4n) is 4.14. The van der Waals surface area contributed by atoms with Crippen molar-refractivity contribution in [3.63, 3.8) is 0 Å². The molecule has 1 aliphatic carbocycles. The molecule has 3 aliphatic rings. The number of rotatable bonds is 9. The summed E-state index contributed by atoms with van der Waals surface area (Å²) in [5.74, 6) is 1.05. The number of nitrogens with zero attached hydrogens (tertiary/aromatic N) is 2. The Hall–Kier alpha value is -0.120. The van der Waals surface area contributed by atoms with Crippen LogP contribution in [0.5, 0.6) is 0 Å². The molecule has 7 heteroatoms. The molecular weight excluding hydrogens is 469 g/mol. The van der Waals surface area contributed by atoms with Crippen LogP contribution >= 0.6 is 24.0 Å². The summed E-state index contributed by atoms with van der Waals surface area (Å²) in [6.07, 6.45) is 10.2. The van der Waals surface area contributed by atoms with Crippen molar-refractivity contribution in [2.45, 2.75) is 70.5 Å². The Kier molecular flexibility index (Phi) is 10.8. The van der Waals surface area contributed by atoms with Crippen LogP contribution in [0.3, 0.4) is 0 Å². The van der Waals surface area contributed by atoms with Crippen LogP contribution in [-0.4, -0.2) is 76.2 Å². The largest absolute Gasteiger partial charge is 0.382 e. The zero-order valence-corrected chi connectivity index (χ0v) is 20.1.